The highest BCUT2D eigenvalue weighted by Gasteiger charge is 2.20. The van der Waals surface area contributed by atoms with E-state index >= 15 is 0 Å². The number of carbonyl (C=O) groups excluding carboxylic acids is 1. The number of rotatable bonds is 10. The molecule has 8 nitrogen and oxygen atoms in total. The van der Waals surface area contributed by atoms with Crippen molar-refractivity contribution in [2.24, 2.45) is 0 Å². The zero-order chi connectivity index (χ0) is 22.4. The first kappa shape index (κ1) is 22.8. The van der Waals surface area contributed by atoms with E-state index in [0.29, 0.717) is 29.5 Å². The topological polar surface area (TPSA) is 94.6 Å². The molecule has 2 N–H and O–H groups in total. The van der Waals surface area contributed by atoms with Crippen LogP contribution >= 0.6 is 11.3 Å². The molecule has 166 valence electrons. The Bertz CT molecular complexity index is 1050. The minimum Gasteiger partial charge on any atom is -0.493 e. The van der Waals surface area contributed by atoms with Gasteiger partial charge in [0.1, 0.15) is 17.0 Å². The molecule has 0 bridgehead atoms. The van der Waals surface area contributed by atoms with Gasteiger partial charge in [-0.25, -0.2) is 9.97 Å². The summed E-state index contributed by atoms with van der Waals surface area (Å²) >= 11 is 1.37. The second-order valence-corrected chi connectivity index (χ2v) is 8.15. The van der Waals surface area contributed by atoms with Crippen LogP contribution in [0.2, 0.25) is 0 Å². The van der Waals surface area contributed by atoms with Crippen molar-refractivity contribution >= 4 is 33.3 Å². The Morgan fingerprint density at radius 1 is 1.16 bits per heavy atom. The Kier molecular flexibility index (Phi) is 7.64. The first-order valence-electron chi connectivity index (χ1n) is 9.97. The van der Waals surface area contributed by atoms with E-state index in [-0.39, 0.29) is 11.9 Å². The van der Waals surface area contributed by atoms with Crippen molar-refractivity contribution in [2.75, 3.05) is 39.8 Å². The number of hydrogen-bond donors (Lipinski definition) is 2. The molecule has 0 aliphatic rings. The minimum atomic E-state index is -0.124. The number of aryl methyl sites for hydroxylation is 1. The van der Waals surface area contributed by atoms with Gasteiger partial charge in [-0.05, 0) is 43.5 Å². The maximum Gasteiger partial charge on any atom is 0.262 e. The number of ether oxygens (including phenoxy) is 3. The molecule has 0 saturated carbocycles. The largest absolute Gasteiger partial charge is 0.493 e. The van der Waals surface area contributed by atoms with Gasteiger partial charge >= 0.3 is 0 Å². The number of anilines is 1. The quantitative estimate of drug-likeness (QED) is 0.495. The second-order valence-electron chi connectivity index (χ2n) is 7.15. The molecule has 2 aromatic heterocycles. The summed E-state index contributed by atoms with van der Waals surface area (Å²) in [6, 6.07) is 5.80. The fourth-order valence-corrected chi connectivity index (χ4v) is 4.42. The van der Waals surface area contributed by atoms with Crippen molar-refractivity contribution in [3.63, 3.8) is 0 Å². The van der Waals surface area contributed by atoms with E-state index in [2.05, 4.69) is 20.6 Å². The number of methoxy groups -OCH3 is 3. The number of nitrogens with one attached hydrogen (secondary N) is 2. The van der Waals surface area contributed by atoms with Crippen molar-refractivity contribution < 1.29 is 19.0 Å². The van der Waals surface area contributed by atoms with Crippen LogP contribution in [0.4, 0.5) is 5.82 Å². The number of thiophene rings is 1. The Morgan fingerprint density at radius 3 is 2.65 bits per heavy atom. The number of carbonyl (C=O) groups is 1. The summed E-state index contributed by atoms with van der Waals surface area (Å²) < 4.78 is 15.8. The van der Waals surface area contributed by atoms with Crippen LogP contribution in [0.25, 0.3) is 10.2 Å². The predicted octanol–water partition coefficient (Wildman–Crippen LogP) is 3.44. The van der Waals surface area contributed by atoms with Gasteiger partial charge in [0.15, 0.2) is 11.5 Å². The van der Waals surface area contributed by atoms with Crippen LogP contribution in [0, 0.1) is 6.92 Å². The third kappa shape index (κ3) is 5.23. The fourth-order valence-electron chi connectivity index (χ4n) is 3.36. The van der Waals surface area contributed by atoms with Crippen LogP contribution in [0.1, 0.15) is 27.7 Å². The molecule has 9 heteroatoms. The normalized spacial score (nSPS) is 11.9. The van der Waals surface area contributed by atoms with Gasteiger partial charge in [0.2, 0.25) is 0 Å². The van der Waals surface area contributed by atoms with Crippen molar-refractivity contribution in [3.05, 3.63) is 40.5 Å². The smallest absolute Gasteiger partial charge is 0.262 e. The van der Waals surface area contributed by atoms with Crippen molar-refractivity contribution in [1.29, 1.82) is 0 Å². The first-order valence-corrected chi connectivity index (χ1v) is 10.8. The average Bonchev–Trinajstić information content (AvgIpc) is 3.11. The molecule has 0 spiro atoms. The Labute approximate surface area is 186 Å². The molecule has 0 fully saturated rings. The predicted molar refractivity (Wildman–Crippen MR) is 123 cm³/mol. The number of aromatic nitrogens is 2. The summed E-state index contributed by atoms with van der Waals surface area (Å²) in [6.07, 6.45) is 2.29. The van der Waals surface area contributed by atoms with Gasteiger partial charge in [-0.1, -0.05) is 6.07 Å². The average molecular weight is 445 g/mol. The molecule has 0 aliphatic heterocycles. The highest BCUT2D eigenvalue weighted by molar-refractivity contribution is 7.20. The lowest BCUT2D eigenvalue weighted by atomic mass is 10.1. The summed E-state index contributed by atoms with van der Waals surface area (Å²) in [7, 11) is 4.86. The van der Waals surface area contributed by atoms with Crippen LogP contribution in [-0.4, -0.2) is 56.4 Å². The molecule has 2 heterocycles. The van der Waals surface area contributed by atoms with Crippen LogP contribution in [-0.2, 0) is 11.2 Å². The summed E-state index contributed by atoms with van der Waals surface area (Å²) in [5.74, 6) is 2.01. The SMILES string of the molecule is COC[C@H](C)NC(=O)c1sc2ncnc(NCCc3ccc(OC)c(OC)c3)c2c1C. The third-order valence-corrected chi connectivity index (χ3v) is 6.08. The first-order chi connectivity index (χ1) is 15.0. The molecule has 3 rings (SSSR count). The monoisotopic (exact) mass is 444 g/mol. The Hall–Kier alpha value is -2.91. The lowest BCUT2D eigenvalue weighted by Gasteiger charge is -2.12. The zero-order valence-corrected chi connectivity index (χ0v) is 19.3. The van der Waals surface area contributed by atoms with Crippen molar-refractivity contribution in [1.82, 2.24) is 15.3 Å². The van der Waals surface area contributed by atoms with Gasteiger partial charge in [-0.3, -0.25) is 4.79 Å². The minimum absolute atomic E-state index is 0.0766. The number of fused-ring (bicyclic) bond motifs is 1. The van der Waals surface area contributed by atoms with Crippen LogP contribution in [0.15, 0.2) is 24.5 Å². The lowest BCUT2D eigenvalue weighted by Crippen LogP contribution is -2.35. The number of hydrogen-bond acceptors (Lipinski definition) is 8. The van der Waals surface area contributed by atoms with Gasteiger partial charge < -0.3 is 24.8 Å². The molecular weight excluding hydrogens is 416 g/mol. The van der Waals surface area contributed by atoms with Gasteiger partial charge in [0, 0.05) is 19.7 Å². The third-order valence-electron chi connectivity index (χ3n) is 4.88. The second kappa shape index (κ2) is 10.4. The van der Waals surface area contributed by atoms with Crippen molar-refractivity contribution in [3.8, 4) is 11.5 Å². The summed E-state index contributed by atoms with van der Waals surface area (Å²) in [4.78, 5) is 22.9. The number of benzene rings is 1. The van der Waals surface area contributed by atoms with E-state index in [1.807, 2.05) is 32.0 Å². The molecule has 3 aromatic rings. The maximum absolute atomic E-state index is 12.7. The molecule has 1 atom stereocenters. The van der Waals surface area contributed by atoms with E-state index in [4.69, 9.17) is 14.2 Å². The molecule has 1 aromatic carbocycles. The van der Waals surface area contributed by atoms with Crippen molar-refractivity contribution in [2.45, 2.75) is 26.3 Å². The van der Waals surface area contributed by atoms with E-state index in [1.54, 1.807) is 21.3 Å². The number of nitrogens with zero attached hydrogens (tertiary/aromatic N) is 2. The Balaban J connectivity index is 1.74. The van der Waals surface area contributed by atoms with Gasteiger partial charge in [-0.15, -0.1) is 11.3 Å². The molecule has 0 saturated heterocycles. The van der Waals surface area contributed by atoms with Crippen LogP contribution in [0.5, 0.6) is 11.5 Å². The zero-order valence-electron chi connectivity index (χ0n) is 18.4. The van der Waals surface area contributed by atoms with E-state index in [1.165, 1.54) is 17.7 Å². The van der Waals surface area contributed by atoms with Gasteiger partial charge in [0.05, 0.1) is 31.1 Å². The van der Waals surface area contributed by atoms with E-state index in [0.717, 1.165) is 33.6 Å². The molecule has 31 heavy (non-hydrogen) atoms. The van der Waals surface area contributed by atoms with E-state index in [9.17, 15) is 4.79 Å². The molecule has 0 radical (unpaired) electrons. The fraction of sp³-hybridized carbons (Fsp3) is 0.409. The molecule has 0 aliphatic carbocycles. The summed E-state index contributed by atoms with van der Waals surface area (Å²) in [6.45, 7) is 4.96. The van der Waals surface area contributed by atoms with E-state index < -0.39 is 0 Å². The Morgan fingerprint density at radius 2 is 1.94 bits per heavy atom. The molecule has 1 amide bonds. The molecular formula is C22H28N4O4S. The van der Waals surface area contributed by atoms with Crippen LogP contribution < -0.4 is 20.1 Å². The highest BCUT2D eigenvalue weighted by atomic mass is 32.1. The summed E-state index contributed by atoms with van der Waals surface area (Å²) in [5.41, 5.74) is 1.99. The highest BCUT2D eigenvalue weighted by Crippen LogP contribution is 2.33. The standard InChI is InChI=1S/C22H28N4O4S/c1-13(11-28-3)26-21(27)19-14(2)18-20(24-12-25-22(18)31-19)23-9-8-15-6-7-16(29-4)17(10-15)30-5/h6-7,10,12-13H,8-9,11H2,1-5H3,(H,26,27)(H,23,24,25)/t13-/m0/s1. The lowest BCUT2D eigenvalue weighted by molar-refractivity contribution is 0.0909. The van der Waals surface area contributed by atoms with Gasteiger partial charge in [0.25, 0.3) is 5.91 Å². The summed E-state index contributed by atoms with van der Waals surface area (Å²) in [5, 5.41) is 7.23. The number of amides is 1. The van der Waals surface area contributed by atoms with Gasteiger partial charge in [-0.2, -0.15) is 0 Å². The molecule has 0 unspecified atom stereocenters. The maximum atomic E-state index is 12.7. The van der Waals surface area contributed by atoms with Crippen LogP contribution in [0.3, 0.4) is 0 Å².